The largest absolute Gasteiger partial charge is 0.493 e. The van der Waals surface area contributed by atoms with Crippen LogP contribution in [0.3, 0.4) is 0 Å². The molecular formula is C13H19N3O3. The number of nitrogens with two attached hydrogens (primary N) is 1. The van der Waals surface area contributed by atoms with Crippen LogP contribution in [0.2, 0.25) is 0 Å². The van der Waals surface area contributed by atoms with Gasteiger partial charge in [-0.1, -0.05) is 0 Å². The van der Waals surface area contributed by atoms with Crippen molar-refractivity contribution in [3.05, 3.63) is 18.0 Å². The fraction of sp³-hybridized carbons (Fsp3) is 0.462. The molecule has 0 fully saturated rings. The summed E-state index contributed by atoms with van der Waals surface area (Å²) >= 11 is 0. The molecule has 0 aliphatic heterocycles. The molecule has 19 heavy (non-hydrogen) atoms. The second kappa shape index (κ2) is 5.90. The number of imidazole rings is 1. The molecule has 0 amide bonds. The Labute approximate surface area is 111 Å². The van der Waals surface area contributed by atoms with Crippen molar-refractivity contribution < 1.29 is 14.2 Å². The minimum absolute atomic E-state index is 0.177. The van der Waals surface area contributed by atoms with Gasteiger partial charge >= 0.3 is 0 Å². The highest BCUT2D eigenvalue weighted by Gasteiger charge is 2.14. The number of methoxy groups -OCH3 is 3. The van der Waals surface area contributed by atoms with Crippen molar-refractivity contribution in [2.75, 3.05) is 27.9 Å². The molecule has 104 valence electrons. The summed E-state index contributed by atoms with van der Waals surface area (Å²) in [5.74, 6) is 2.05. The van der Waals surface area contributed by atoms with E-state index < -0.39 is 0 Å². The smallest absolute Gasteiger partial charge is 0.163 e. The Morgan fingerprint density at radius 3 is 2.53 bits per heavy atom. The van der Waals surface area contributed by atoms with E-state index in [0.29, 0.717) is 24.5 Å². The normalized spacial score (nSPS) is 12.6. The molecule has 2 rings (SSSR count). The molecule has 0 bridgehead atoms. The first kappa shape index (κ1) is 13.6. The lowest BCUT2D eigenvalue weighted by Gasteiger charge is -2.06. The molecular weight excluding hydrogens is 246 g/mol. The maximum atomic E-state index is 6.05. The lowest BCUT2D eigenvalue weighted by Crippen LogP contribution is -2.14. The summed E-state index contributed by atoms with van der Waals surface area (Å²) in [6.07, 6.45) is 0.713. The van der Waals surface area contributed by atoms with Gasteiger partial charge in [0.2, 0.25) is 0 Å². The predicted octanol–water partition coefficient (Wildman–Crippen LogP) is 1.62. The zero-order valence-electron chi connectivity index (χ0n) is 11.4. The molecule has 0 spiro atoms. The van der Waals surface area contributed by atoms with E-state index in [0.717, 1.165) is 16.9 Å². The van der Waals surface area contributed by atoms with Gasteiger partial charge in [-0.05, 0) is 6.42 Å². The third-order valence-corrected chi connectivity index (χ3v) is 2.99. The van der Waals surface area contributed by atoms with Gasteiger partial charge in [0.15, 0.2) is 11.5 Å². The van der Waals surface area contributed by atoms with Crippen LogP contribution in [0.25, 0.3) is 11.0 Å². The first-order valence-electron chi connectivity index (χ1n) is 6.05. The third kappa shape index (κ3) is 2.80. The van der Waals surface area contributed by atoms with E-state index in [9.17, 15) is 0 Å². The van der Waals surface area contributed by atoms with Crippen LogP contribution in [-0.2, 0) is 4.74 Å². The molecule has 6 heteroatoms. The molecule has 3 N–H and O–H groups in total. The summed E-state index contributed by atoms with van der Waals surface area (Å²) in [6, 6.07) is 3.51. The Balaban J connectivity index is 2.34. The predicted molar refractivity (Wildman–Crippen MR) is 72.6 cm³/mol. The molecule has 2 aromatic rings. The fourth-order valence-corrected chi connectivity index (χ4v) is 1.91. The third-order valence-electron chi connectivity index (χ3n) is 2.99. The molecule has 0 saturated heterocycles. The van der Waals surface area contributed by atoms with Crippen molar-refractivity contribution in [1.29, 1.82) is 0 Å². The Morgan fingerprint density at radius 2 is 1.89 bits per heavy atom. The van der Waals surface area contributed by atoms with E-state index in [1.165, 1.54) is 0 Å². The second-order valence-electron chi connectivity index (χ2n) is 4.23. The van der Waals surface area contributed by atoms with Crippen molar-refractivity contribution in [1.82, 2.24) is 9.97 Å². The maximum Gasteiger partial charge on any atom is 0.163 e. The molecule has 6 nitrogen and oxygen atoms in total. The van der Waals surface area contributed by atoms with Gasteiger partial charge in [0.05, 0.1) is 31.3 Å². The van der Waals surface area contributed by atoms with E-state index in [2.05, 4.69) is 9.97 Å². The molecule has 0 saturated carbocycles. The summed E-state index contributed by atoms with van der Waals surface area (Å²) in [5, 5.41) is 0. The van der Waals surface area contributed by atoms with Crippen LogP contribution in [0.1, 0.15) is 18.3 Å². The average Bonchev–Trinajstić information content (AvgIpc) is 2.85. The van der Waals surface area contributed by atoms with Crippen LogP contribution < -0.4 is 15.2 Å². The van der Waals surface area contributed by atoms with Crippen LogP contribution >= 0.6 is 0 Å². The van der Waals surface area contributed by atoms with Crippen molar-refractivity contribution in [2.45, 2.75) is 12.5 Å². The van der Waals surface area contributed by atoms with E-state index in [-0.39, 0.29) is 6.04 Å². The number of nitrogens with zero attached hydrogens (tertiary/aromatic N) is 1. The first-order valence-corrected chi connectivity index (χ1v) is 6.05. The van der Waals surface area contributed by atoms with Crippen molar-refractivity contribution >= 4 is 11.0 Å². The van der Waals surface area contributed by atoms with Crippen LogP contribution in [0.4, 0.5) is 0 Å². The zero-order chi connectivity index (χ0) is 13.8. The zero-order valence-corrected chi connectivity index (χ0v) is 11.4. The van der Waals surface area contributed by atoms with Crippen molar-refractivity contribution in [2.24, 2.45) is 5.73 Å². The van der Waals surface area contributed by atoms with Gasteiger partial charge in [-0.3, -0.25) is 0 Å². The van der Waals surface area contributed by atoms with Gasteiger partial charge in [-0.15, -0.1) is 0 Å². The number of hydrogen-bond donors (Lipinski definition) is 2. The lowest BCUT2D eigenvalue weighted by atomic mass is 10.2. The number of hydrogen-bond acceptors (Lipinski definition) is 5. The monoisotopic (exact) mass is 265 g/mol. The molecule has 1 heterocycles. The highest BCUT2D eigenvalue weighted by molar-refractivity contribution is 5.79. The van der Waals surface area contributed by atoms with Gasteiger partial charge < -0.3 is 24.9 Å². The number of rotatable bonds is 6. The molecule has 1 unspecified atom stereocenters. The average molecular weight is 265 g/mol. The van der Waals surface area contributed by atoms with E-state index in [1.54, 1.807) is 21.3 Å². The quantitative estimate of drug-likeness (QED) is 0.829. The SMILES string of the molecule is COCCC(N)c1nc2cc(OC)c(OC)cc2[nH]1. The van der Waals surface area contributed by atoms with E-state index in [1.807, 2.05) is 12.1 Å². The highest BCUT2D eigenvalue weighted by atomic mass is 16.5. The van der Waals surface area contributed by atoms with Crippen LogP contribution in [0.5, 0.6) is 11.5 Å². The molecule has 0 aliphatic carbocycles. The highest BCUT2D eigenvalue weighted by Crippen LogP contribution is 2.31. The Bertz CT molecular complexity index is 512. The van der Waals surface area contributed by atoms with Gasteiger partial charge in [0.1, 0.15) is 5.82 Å². The number of benzene rings is 1. The number of ether oxygens (including phenoxy) is 3. The minimum Gasteiger partial charge on any atom is -0.493 e. The number of H-pyrrole nitrogens is 1. The molecule has 0 aliphatic rings. The molecule has 1 atom stereocenters. The van der Waals surface area contributed by atoms with Crippen molar-refractivity contribution in [3.8, 4) is 11.5 Å². The standard InChI is InChI=1S/C13H19N3O3/c1-17-5-4-8(14)13-15-9-6-11(18-2)12(19-3)7-10(9)16-13/h6-8H,4-5,14H2,1-3H3,(H,15,16). The topological polar surface area (TPSA) is 82.4 Å². The number of nitrogens with one attached hydrogen (secondary N) is 1. The summed E-state index contributed by atoms with van der Waals surface area (Å²) < 4.78 is 15.5. The van der Waals surface area contributed by atoms with Crippen LogP contribution in [0.15, 0.2) is 12.1 Å². The number of aromatic nitrogens is 2. The summed E-state index contributed by atoms with van der Waals surface area (Å²) in [5.41, 5.74) is 7.73. The molecule has 0 radical (unpaired) electrons. The van der Waals surface area contributed by atoms with Gasteiger partial charge in [-0.25, -0.2) is 4.98 Å². The first-order chi connectivity index (χ1) is 9.19. The van der Waals surface area contributed by atoms with E-state index >= 15 is 0 Å². The molecule has 1 aromatic carbocycles. The second-order valence-corrected chi connectivity index (χ2v) is 4.23. The number of aromatic amines is 1. The van der Waals surface area contributed by atoms with Gasteiger partial charge in [-0.2, -0.15) is 0 Å². The Kier molecular flexibility index (Phi) is 4.24. The van der Waals surface area contributed by atoms with E-state index in [4.69, 9.17) is 19.9 Å². The fourth-order valence-electron chi connectivity index (χ4n) is 1.91. The summed E-state index contributed by atoms with van der Waals surface area (Å²) in [6.45, 7) is 0.602. The van der Waals surface area contributed by atoms with Gasteiger partial charge in [0.25, 0.3) is 0 Å². The summed E-state index contributed by atoms with van der Waals surface area (Å²) in [4.78, 5) is 7.68. The molecule has 1 aromatic heterocycles. The van der Waals surface area contributed by atoms with Crippen LogP contribution in [-0.4, -0.2) is 37.9 Å². The van der Waals surface area contributed by atoms with Crippen LogP contribution in [0, 0.1) is 0 Å². The summed E-state index contributed by atoms with van der Waals surface area (Å²) in [7, 11) is 4.86. The maximum absolute atomic E-state index is 6.05. The lowest BCUT2D eigenvalue weighted by molar-refractivity contribution is 0.187. The Hall–Kier alpha value is -1.79. The number of fused-ring (bicyclic) bond motifs is 1. The van der Waals surface area contributed by atoms with Gasteiger partial charge in [0, 0.05) is 25.8 Å². The van der Waals surface area contributed by atoms with Crippen molar-refractivity contribution in [3.63, 3.8) is 0 Å². The Morgan fingerprint density at radius 1 is 1.21 bits per heavy atom. The minimum atomic E-state index is -0.177.